The molecule has 0 saturated carbocycles. The van der Waals surface area contributed by atoms with E-state index in [2.05, 4.69) is 37.1 Å². The maximum absolute atomic E-state index is 5.86. The van der Waals surface area contributed by atoms with Crippen LogP contribution in [0.3, 0.4) is 0 Å². The Balaban J connectivity index is 2.79. The van der Waals surface area contributed by atoms with Gasteiger partial charge in [0.15, 0.2) is 0 Å². The summed E-state index contributed by atoms with van der Waals surface area (Å²) in [5, 5.41) is 3.34. The van der Waals surface area contributed by atoms with Crippen LogP contribution in [0.25, 0.3) is 0 Å². The van der Waals surface area contributed by atoms with Crippen LogP contribution in [-0.2, 0) is 11.3 Å². The molecule has 1 aromatic heterocycles. The molecule has 4 heteroatoms. The Kier molecular flexibility index (Phi) is 7.55. The molecular formula is C16H28N2O2. The molecule has 0 aliphatic rings. The van der Waals surface area contributed by atoms with Crippen molar-refractivity contribution in [2.45, 2.75) is 53.2 Å². The highest BCUT2D eigenvalue weighted by Gasteiger charge is 2.10. The molecular weight excluding hydrogens is 252 g/mol. The van der Waals surface area contributed by atoms with Crippen molar-refractivity contribution in [1.82, 2.24) is 10.3 Å². The van der Waals surface area contributed by atoms with E-state index in [1.165, 1.54) is 5.56 Å². The van der Waals surface area contributed by atoms with Gasteiger partial charge in [-0.25, -0.2) is 4.98 Å². The first-order valence-corrected chi connectivity index (χ1v) is 7.52. The summed E-state index contributed by atoms with van der Waals surface area (Å²) in [7, 11) is 0. The van der Waals surface area contributed by atoms with Gasteiger partial charge in [0.25, 0.3) is 0 Å². The van der Waals surface area contributed by atoms with E-state index in [1.807, 2.05) is 19.9 Å². The normalized spacial score (nSPS) is 12.7. The van der Waals surface area contributed by atoms with Crippen LogP contribution in [0, 0.1) is 0 Å². The van der Waals surface area contributed by atoms with Gasteiger partial charge in [0.05, 0.1) is 6.61 Å². The van der Waals surface area contributed by atoms with Gasteiger partial charge < -0.3 is 14.8 Å². The highest BCUT2D eigenvalue weighted by molar-refractivity contribution is 5.26. The van der Waals surface area contributed by atoms with Crippen molar-refractivity contribution in [3.8, 4) is 5.88 Å². The van der Waals surface area contributed by atoms with Gasteiger partial charge >= 0.3 is 0 Å². The predicted molar refractivity (Wildman–Crippen MR) is 82.3 cm³/mol. The molecule has 0 saturated heterocycles. The number of rotatable bonds is 9. The molecule has 1 rings (SSSR count). The third-order valence-corrected chi connectivity index (χ3v) is 2.93. The number of nitrogens with one attached hydrogen (secondary N) is 1. The Hall–Kier alpha value is -1.13. The largest absolute Gasteiger partial charge is 0.472 e. The fourth-order valence-electron chi connectivity index (χ4n) is 1.83. The van der Waals surface area contributed by atoms with Gasteiger partial charge in [0, 0.05) is 24.9 Å². The molecule has 1 atom stereocenters. The summed E-state index contributed by atoms with van der Waals surface area (Å²) < 4.78 is 11.2. The van der Waals surface area contributed by atoms with E-state index in [0.717, 1.165) is 18.8 Å². The molecule has 0 radical (unpaired) electrons. The third kappa shape index (κ3) is 5.88. The van der Waals surface area contributed by atoms with Gasteiger partial charge in [-0.15, -0.1) is 0 Å². The SMILES string of the molecule is CCNCc1cc(OC(C)COCC)nc(C(C)C)c1. The zero-order chi connectivity index (χ0) is 15.0. The van der Waals surface area contributed by atoms with Crippen LogP contribution in [0.1, 0.15) is 51.8 Å². The van der Waals surface area contributed by atoms with Crippen LogP contribution in [0.15, 0.2) is 12.1 Å². The van der Waals surface area contributed by atoms with Crippen molar-refractivity contribution in [3.05, 3.63) is 23.4 Å². The van der Waals surface area contributed by atoms with Crippen molar-refractivity contribution < 1.29 is 9.47 Å². The van der Waals surface area contributed by atoms with Gasteiger partial charge in [-0.2, -0.15) is 0 Å². The number of hydrogen-bond acceptors (Lipinski definition) is 4. The van der Waals surface area contributed by atoms with E-state index in [-0.39, 0.29) is 6.10 Å². The zero-order valence-corrected chi connectivity index (χ0v) is 13.4. The van der Waals surface area contributed by atoms with Crippen molar-refractivity contribution in [3.63, 3.8) is 0 Å². The molecule has 1 N–H and O–H groups in total. The fourth-order valence-corrected chi connectivity index (χ4v) is 1.83. The maximum Gasteiger partial charge on any atom is 0.214 e. The molecule has 0 bridgehead atoms. The standard InChI is InChI=1S/C16H28N2O2/c1-6-17-10-14-8-15(12(3)4)18-16(9-14)20-13(5)11-19-7-2/h8-9,12-13,17H,6-7,10-11H2,1-5H3. The van der Waals surface area contributed by atoms with E-state index in [9.17, 15) is 0 Å². The molecule has 0 amide bonds. The predicted octanol–water partition coefficient (Wildman–Crippen LogP) is 3.12. The van der Waals surface area contributed by atoms with Gasteiger partial charge in [0.2, 0.25) is 5.88 Å². The Labute approximate surface area is 122 Å². The smallest absolute Gasteiger partial charge is 0.214 e. The first-order valence-electron chi connectivity index (χ1n) is 7.52. The summed E-state index contributed by atoms with van der Waals surface area (Å²) in [6.07, 6.45) is 0.0110. The lowest BCUT2D eigenvalue weighted by atomic mass is 10.1. The number of pyridine rings is 1. The minimum absolute atomic E-state index is 0.0110. The molecule has 0 aliphatic carbocycles. The van der Waals surface area contributed by atoms with E-state index in [0.29, 0.717) is 25.0 Å². The van der Waals surface area contributed by atoms with E-state index in [1.54, 1.807) is 0 Å². The lowest BCUT2D eigenvalue weighted by Crippen LogP contribution is -2.20. The maximum atomic E-state index is 5.86. The lowest BCUT2D eigenvalue weighted by Gasteiger charge is -2.16. The summed E-state index contributed by atoms with van der Waals surface area (Å²) in [6, 6.07) is 4.16. The van der Waals surface area contributed by atoms with Gasteiger partial charge in [-0.05, 0) is 37.9 Å². The number of aromatic nitrogens is 1. The molecule has 1 aromatic rings. The lowest BCUT2D eigenvalue weighted by molar-refractivity contribution is 0.0632. The minimum Gasteiger partial charge on any atom is -0.472 e. The summed E-state index contributed by atoms with van der Waals surface area (Å²) in [6.45, 7) is 13.5. The molecule has 1 heterocycles. The van der Waals surface area contributed by atoms with Crippen LogP contribution >= 0.6 is 0 Å². The molecule has 1 unspecified atom stereocenters. The quantitative estimate of drug-likeness (QED) is 0.755. The summed E-state index contributed by atoms with van der Waals surface area (Å²) in [5.41, 5.74) is 2.28. The number of nitrogens with zero attached hydrogens (tertiary/aromatic N) is 1. The average molecular weight is 280 g/mol. The molecule has 0 fully saturated rings. The monoisotopic (exact) mass is 280 g/mol. The summed E-state index contributed by atoms with van der Waals surface area (Å²) in [4.78, 5) is 4.58. The summed E-state index contributed by atoms with van der Waals surface area (Å²) >= 11 is 0. The molecule has 114 valence electrons. The highest BCUT2D eigenvalue weighted by Crippen LogP contribution is 2.20. The average Bonchev–Trinajstić information content (AvgIpc) is 2.42. The molecule has 0 aromatic carbocycles. The van der Waals surface area contributed by atoms with Gasteiger partial charge in [-0.1, -0.05) is 20.8 Å². The van der Waals surface area contributed by atoms with E-state index >= 15 is 0 Å². The minimum atomic E-state index is 0.0110. The molecule has 0 aliphatic heterocycles. The summed E-state index contributed by atoms with van der Waals surface area (Å²) in [5.74, 6) is 1.08. The van der Waals surface area contributed by atoms with Crippen molar-refractivity contribution in [2.75, 3.05) is 19.8 Å². The number of ether oxygens (including phenoxy) is 2. The zero-order valence-electron chi connectivity index (χ0n) is 13.4. The Morgan fingerprint density at radius 3 is 2.55 bits per heavy atom. The van der Waals surface area contributed by atoms with Gasteiger partial charge in [0.1, 0.15) is 6.10 Å². The van der Waals surface area contributed by atoms with Crippen molar-refractivity contribution in [2.24, 2.45) is 0 Å². The highest BCUT2D eigenvalue weighted by atomic mass is 16.5. The Morgan fingerprint density at radius 1 is 1.20 bits per heavy atom. The second-order valence-electron chi connectivity index (χ2n) is 5.26. The second kappa shape index (κ2) is 8.93. The third-order valence-electron chi connectivity index (χ3n) is 2.93. The Morgan fingerprint density at radius 2 is 1.95 bits per heavy atom. The molecule has 20 heavy (non-hydrogen) atoms. The van der Waals surface area contributed by atoms with Crippen LogP contribution in [-0.4, -0.2) is 30.8 Å². The number of hydrogen-bond donors (Lipinski definition) is 1. The van der Waals surface area contributed by atoms with Crippen LogP contribution in [0.4, 0.5) is 0 Å². The van der Waals surface area contributed by atoms with E-state index in [4.69, 9.17) is 9.47 Å². The molecule has 4 nitrogen and oxygen atoms in total. The first-order chi connectivity index (χ1) is 9.56. The first kappa shape index (κ1) is 16.9. The molecule has 0 spiro atoms. The van der Waals surface area contributed by atoms with Crippen LogP contribution in [0.2, 0.25) is 0 Å². The van der Waals surface area contributed by atoms with Gasteiger partial charge in [-0.3, -0.25) is 0 Å². The Bertz CT molecular complexity index is 394. The van der Waals surface area contributed by atoms with Crippen molar-refractivity contribution in [1.29, 1.82) is 0 Å². The van der Waals surface area contributed by atoms with Crippen LogP contribution < -0.4 is 10.1 Å². The fraction of sp³-hybridized carbons (Fsp3) is 0.688. The van der Waals surface area contributed by atoms with E-state index < -0.39 is 0 Å². The van der Waals surface area contributed by atoms with Crippen molar-refractivity contribution >= 4 is 0 Å². The second-order valence-corrected chi connectivity index (χ2v) is 5.26. The van der Waals surface area contributed by atoms with Crippen LogP contribution in [0.5, 0.6) is 5.88 Å². The topological polar surface area (TPSA) is 43.4 Å².